The smallest absolute Gasteiger partial charge is 0.277 e. The van der Waals surface area contributed by atoms with Gasteiger partial charge in [-0.05, 0) is 32.9 Å². The fourth-order valence-corrected chi connectivity index (χ4v) is 2.90. The Bertz CT molecular complexity index is 852. The van der Waals surface area contributed by atoms with E-state index in [9.17, 15) is 4.79 Å². The van der Waals surface area contributed by atoms with Gasteiger partial charge < -0.3 is 14.7 Å². The lowest BCUT2D eigenvalue weighted by Crippen LogP contribution is -2.23. The second kappa shape index (κ2) is 6.52. The standard InChI is InChI=1S/C15H18N6O2S/c1-8-12(9(2)21(4)20-8)17-13(22)10(3)24-15-19-18-14(23-15)11-6-5-7-16-11/h5-7,10,16H,1-4H3,(H,17,22). The minimum atomic E-state index is -0.388. The van der Waals surface area contributed by atoms with Gasteiger partial charge in [-0.2, -0.15) is 5.10 Å². The van der Waals surface area contributed by atoms with Crippen molar-refractivity contribution in [2.45, 2.75) is 31.2 Å². The number of hydrogen-bond donors (Lipinski definition) is 2. The summed E-state index contributed by atoms with van der Waals surface area (Å²) in [6.45, 7) is 5.56. The molecule has 0 aliphatic carbocycles. The molecule has 3 aromatic heterocycles. The summed E-state index contributed by atoms with van der Waals surface area (Å²) in [6.07, 6.45) is 1.78. The zero-order valence-electron chi connectivity index (χ0n) is 13.8. The van der Waals surface area contributed by atoms with E-state index in [1.54, 1.807) is 17.8 Å². The van der Waals surface area contributed by atoms with Crippen molar-refractivity contribution >= 4 is 23.4 Å². The van der Waals surface area contributed by atoms with Crippen molar-refractivity contribution < 1.29 is 9.21 Å². The van der Waals surface area contributed by atoms with E-state index in [2.05, 4.69) is 25.6 Å². The van der Waals surface area contributed by atoms with Crippen LogP contribution in [0.15, 0.2) is 28.0 Å². The molecule has 0 radical (unpaired) electrons. The van der Waals surface area contributed by atoms with Gasteiger partial charge >= 0.3 is 0 Å². The Morgan fingerprint density at radius 1 is 1.42 bits per heavy atom. The molecule has 0 bridgehead atoms. The van der Waals surface area contributed by atoms with E-state index in [-0.39, 0.29) is 11.2 Å². The van der Waals surface area contributed by atoms with Crippen molar-refractivity contribution in [2.24, 2.45) is 7.05 Å². The number of anilines is 1. The average molecular weight is 346 g/mol. The predicted molar refractivity (Wildman–Crippen MR) is 90.7 cm³/mol. The first-order chi connectivity index (χ1) is 11.5. The van der Waals surface area contributed by atoms with Crippen LogP contribution in [0.1, 0.15) is 18.3 Å². The lowest BCUT2D eigenvalue weighted by Gasteiger charge is -2.10. The monoisotopic (exact) mass is 346 g/mol. The Kier molecular flexibility index (Phi) is 4.43. The quantitative estimate of drug-likeness (QED) is 0.688. The van der Waals surface area contributed by atoms with Crippen molar-refractivity contribution in [3.05, 3.63) is 29.7 Å². The van der Waals surface area contributed by atoms with Crippen LogP contribution in [0.2, 0.25) is 0 Å². The summed E-state index contributed by atoms with van der Waals surface area (Å²) >= 11 is 1.21. The van der Waals surface area contributed by atoms with Gasteiger partial charge in [0, 0.05) is 13.2 Å². The molecule has 1 amide bonds. The van der Waals surface area contributed by atoms with Gasteiger partial charge in [0.15, 0.2) is 0 Å². The summed E-state index contributed by atoms with van der Waals surface area (Å²) < 4.78 is 7.30. The molecule has 0 fully saturated rings. The van der Waals surface area contributed by atoms with Crippen LogP contribution in [0.3, 0.4) is 0 Å². The van der Waals surface area contributed by atoms with E-state index < -0.39 is 0 Å². The van der Waals surface area contributed by atoms with Crippen LogP contribution in [-0.2, 0) is 11.8 Å². The van der Waals surface area contributed by atoms with E-state index >= 15 is 0 Å². The van der Waals surface area contributed by atoms with Gasteiger partial charge in [-0.1, -0.05) is 11.8 Å². The number of thioether (sulfide) groups is 1. The first-order valence-corrected chi connectivity index (χ1v) is 8.28. The highest BCUT2D eigenvalue weighted by atomic mass is 32.2. The van der Waals surface area contributed by atoms with Crippen LogP contribution in [0.25, 0.3) is 11.6 Å². The molecule has 24 heavy (non-hydrogen) atoms. The molecule has 8 nitrogen and oxygen atoms in total. The molecule has 0 aliphatic rings. The zero-order valence-corrected chi connectivity index (χ0v) is 14.6. The molecule has 2 N–H and O–H groups in total. The van der Waals surface area contributed by atoms with Gasteiger partial charge in [-0.15, -0.1) is 10.2 Å². The number of rotatable bonds is 5. The van der Waals surface area contributed by atoms with Gasteiger partial charge in [0.25, 0.3) is 11.1 Å². The van der Waals surface area contributed by atoms with E-state index in [0.29, 0.717) is 11.1 Å². The third-order valence-electron chi connectivity index (χ3n) is 3.64. The van der Waals surface area contributed by atoms with Crippen LogP contribution < -0.4 is 5.32 Å². The van der Waals surface area contributed by atoms with Gasteiger partial charge in [0.1, 0.15) is 5.69 Å². The number of aromatic amines is 1. The molecular weight excluding hydrogens is 328 g/mol. The zero-order chi connectivity index (χ0) is 17.3. The Balaban J connectivity index is 1.66. The minimum Gasteiger partial charge on any atom is -0.410 e. The van der Waals surface area contributed by atoms with Gasteiger partial charge in [0.2, 0.25) is 5.91 Å². The summed E-state index contributed by atoms with van der Waals surface area (Å²) in [7, 11) is 1.84. The number of amides is 1. The Labute approximate surface area is 143 Å². The fourth-order valence-electron chi connectivity index (χ4n) is 2.21. The maximum Gasteiger partial charge on any atom is 0.277 e. The Morgan fingerprint density at radius 3 is 2.83 bits per heavy atom. The molecule has 1 unspecified atom stereocenters. The lowest BCUT2D eigenvalue weighted by atomic mass is 10.3. The molecule has 1 atom stereocenters. The summed E-state index contributed by atoms with van der Waals surface area (Å²) in [5.74, 6) is 0.257. The van der Waals surface area contributed by atoms with Crippen molar-refractivity contribution in [3.63, 3.8) is 0 Å². The molecule has 126 valence electrons. The molecule has 3 rings (SSSR count). The third-order valence-corrected chi connectivity index (χ3v) is 4.57. The van der Waals surface area contributed by atoms with E-state index in [0.717, 1.165) is 22.8 Å². The highest BCUT2D eigenvalue weighted by Gasteiger charge is 2.21. The molecule has 0 aromatic carbocycles. The van der Waals surface area contributed by atoms with Crippen molar-refractivity contribution in [2.75, 3.05) is 5.32 Å². The summed E-state index contributed by atoms with van der Waals surface area (Å²) in [5.41, 5.74) is 3.18. The maximum atomic E-state index is 12.4. The van der Waals surface area contributed by atoms with E-state index in [4.69, 9.17) is 4.42 Å². The van der Waals surface area contributed by atoms with Crippen LogP contribution in [0.5, 0.6) is 0 Å². The summed E-state index contributed by atoms with van der Waals surface area (Å²) in [4.78, 5) is 15.4. The van der Waals surface area contributed by atoms with Gasteiger partial charge in [-0.25, -0.2) is 0 Å². The highest BCUT2D eigenvalue weighted by Crippen LogP contribution is 2.27. The summed E-state index contributed by atoms with van der Waals surface area (Å²) in [6, 6.07) is 3.69. The van der Waals surface area contributed by atoms with Crippen LogP contribution in [0, 0.1) is 13.8 Å². The number of H-pyrrole nitrogens is 1. The third kappa shape index (κ3) is 3.21. The molecule has 0 saturated carbocycles. The Morgan fingerprint density at radius 2 is 2.21 bits per heavy atom. The Hall–Kier alpha value is -2.55. The predicted octanol–water partition coefficient (Wildman–Crippen LogP) is 2.53. The average Bonchev–Trinajstić information content (AvgIpc) is 3.25. The normalized spacial score (nSPS) is 12.3. The molecule has 0 spiro atoms. The number of hydrogen-bond acceptors (Lipinski definition) is 6. The van der Waals surface area contributed by atoms with Crippen LogP contribution >= 0.6 is 11.8 Å². The minimum absolute atomic E-state index is 0.140. The topological polar surface area (TPSA) is 102 Å². The maximum absolute atomic E-state index is 12.4. The molecule has 0 aliphatic heterocycles. The molecular formula is C15H18N6O2S. The molecule has 3 aromatic rings. The lowest BCUT2D eigenvalue weighted by molar-refractivity contribution is -0.115. The number of nitrogens with zero attached hydrogens (tertiary/aromatic N) is 4. The van der Waals surface area contributed by atoms with Crippen LogP contribution in [-0.4, -0.2) is 36.1 Å². The molecule has 3 heterocycles. The first kappa shape index (κ1) is 16.3. The number of aromatic nitrogens is 5. The number of nitrogens with one attached hydrogen (secondary N) is 2. The largest absolute Gasteiger partial charge is 0.410 e. The van der Waals surface area contributed by atoms with Crippen molar-refractivity contribution in [1.82, 2.24) is 25.0 Å². The van der Waals surface area contributed by atoms with Crippen molar-refractivity contribution in [3.8, 4) is 11.6 Å². The second-order valence-electron chi connectivity index (χ2n) is 5.38. The van der Waals surface area contributed by atoms with Crippen LogP contribution in [0.4, 0.5) is 5.69 Å². The molecule has 9 heteroatoms. The van der Waals surface area contributed by atoms with Gasteiger partial charge in [0.05, 0.1) is 22.3 Å². The highest BCUT2D eigenvalue weighted by molar-refractivity contribution is 8.00. The number of carbonyl (C=O) groups excluding carboxylic acids is 1. The fraction of sp³-hybridized carbons (Fsp3) is 0.333. The number of carbonyl (C=O) groups is 1. The SMILES string of the molecule is Cc1nn(C)c(C)c1NC(=O)C(C)Sc1nnc(-c2ccc[nH]2)o1. The summed E-state index contributed by atoms with van der Waals surface area (Å²) in [5, 5.41) is 15.1. The van der Waals surface area contributed by atoms with E-state index in [1.165, 1.54) is 11.8 Å². The first-order valence-electron chi connectivity index (χ1n) is 7.40. The van der Waals surface area contributed by atoms with Gasteiger partial charge in [-0.3, -0.25) is 9.48 Å². The second-order valence-corrected chi connectivity index (χ2v) is 6.67. The molecule has 0 saturated heterocycles. The van der Waals surface area contributed by atoms with Crippen molar-refractivity contribution in [1.29, 1.82) is 0 Å². The van der Waals surface area contributed by atoms with E-state index in [1.807, 2.05) is 33.0 Å². The number of aryl methyl sites for hydroxylation is 2.